The van der Waals surface area contributed by atoms with Crippen LogP contribution in [0.2, 0.25) is 0 Å². The van der Waals surface area contributed by atoms with Gasteiger partial charge < -0.3 is 20.3 Å². The highest BCUT2D eigenvalue weighted by atomic mass is 32.1. The average Bonchev–Trinajstić information content (AvgIpc) is 3.05. The van der Waals surface area contributed by atoms with Crippen LogP contribution in [0.1, 0.15) is 34.4 Å². The van der Waals surface area contributed by atoms with Crippen LogP contribution in [0.25, 0.3) is 10.7 Å². The first-order valence-corrected chi connectivity index (χ1v) is 9.92. The summed E-state index contributed by atoms with van der Waals surface area (Å²) in [5.74, 6) is 0.729. The van der Waals surface area contributed by atoms with E-state index in [0.29, 0.717) is 5.88 Å². The molecule has 27 heavy (non-hydrogen) atoms. The molecular weight excluding hydrogens is 366 g/mol. The van der Waals surface area contributed by atoms with Crippen molar-refractivity contribution in [2.24, 2.45) is 5.92 Å². The van der Waals surface area contributed by atoms with Gasteiger partial charge >= 0.3 is 6.09 Å². The molecule has 1 atom stereocenters. The predicted octanol–water partition coefficient (Wildman–Crippen LogP) is 2.71. The van der Waals surface area contributed by atoms with Crippen LogP contribution in [0.3, 0.4) is 0 Å². The van der Waals surface area contributed by atoms with E-state index in [1.807, 2.05) is 20.0 Å². The van der Waals surface area contributed by atoms with E-state index in [0.717, 1.165) is 52.4 Å². The highest BCUT2D eigenvalue weighted by Gasteiger charge is 2.45. The second-order valence-corrected chi connectivity index (χ2v) is 8.81. The second kappa shape index (κ2) is 6.76. The van der Waals surface area contributed by atoms with E-state index >= 15 is 0 Å². The summed E-state index contributed by atoms with van der Waals surface area (Å²) in [5, 5.41) is 22.1. The van der Waals surface area contributed by atoms with Crippen molar-refractivity contribution < 1.29 is 19.7 Å². The van der Waals surface area contributed by atoms with Gasteiger partial charge in [0.05, 0.1) is 5.54 Å². The molecule has 2 aromatic rings. The molecule has 0 spiro atoms. The molecule has 4 rings (SSSR count). The van der Waals surface area contributed by atoms with Gasteiger partial charge in [-0.1, -0.05) is 0 Å². The Balaban J connectivity index is 1.67. The smallest absolute Gasteiger partial charge is 0.405 e. The number of carbonyl (C=O) groups is 1. The van der Waals surface area contributed by atoms with Crippen molar-refractivity contribution in [3.63, 3.8) is 0 Å². The molecule has 2 aliphatic carbocycles. The van der Waals surface area contributed by atoms with E-state index < -0.39 is 11.6 Å². The molecule has 0 saturated heterocycles. The number of ether oxygens (including phenoxy) is 1. The van der Waals surface area contributed by atoms with Crippen molar-refractivity contribution in [2.45, 2.75) is 45.1 Å². The number of amides is 1. The number of pyridine rings is 1. The first-order valence-electron chi connectivity index (χ1n) is 9.11. The molecule has 3 N–H and O–H groups in total. The van der Waals surface area contributed by atoms with Gasteiger partial charge in [0.2, 0.25) is 5.88 Å². The summed E-state index contributed by atoms with van der Waals surface area (Å²) >= 11 is 1.59. The fourth-order valence-electron chi connectivity index (χ4n) is 3.70. The largest absolute Gasteiger partial charge is 0.475 e. The van der Waals surface area contributed by atoms with Gasteiger partial charge in [-0.15, -0.1) is 11.3 Å². The van der Waals surface area contributed by atoms with Crippen molar-refractivity contribution >= 4 is 17.4 Å². The summed E-state index contributed by atoms with van der Waals surface area (Å²) in [6.45, 7) is 4.41. The van der Waals surface area contributed by atoms with Crippen LogP contribution in [-0.4, -0.2) is 45.0 Å². The summed E-state index contributed by atoms with van der Waals surface area (Å²) < 4.78 is 6.01. The lowest BCUT2D eigenvalue weighted by Gasteiger charge is -2.19. The first kappa shape index (κ1) is 18.2. The Morgan fingerprint density at radius 2 is 2.11 bits per heavy atom. The van der Waals surface area contributed by atoms with Crippen LogP contribution in [0.4, 0.5) is 4.79 Å². The van der Waals surface area contributed by atoms with E-state index in [2.05, 4.69) is 10.3 Å². The number of aliphatic hydroxyl groups is 1. The molecule has 2 heterocycles. The van der Waals surface area contributed by atoms with Crippen LogP contribution >= 0.6 is 11.3 Å². The number of aromatic nitrogens is 2. The molecule has 0 bridgehead atoms. The van der Waals surface area contributed by atoms with Gasteiger partial charge in [0.1, 0.15) is 17.3 Å². The summed E-state index contributed by atoms with van der Waals surface area (Å²) in [6.07, 6.45) is 3.94. The Bertz CT molecular complexity index is 891. The van der Waals surface area contributed by atoms with Gasteiger partial charge in [-0.25, -0.2) is 14.8 Å². The maximum Gasteiger partial charge on any atom is 0.405 e. The minimum atomic E-state index is -1.03. The number of thiazole rings is 1. The van der Waals surface area contributed by atoms with Crippen LogP contribution < -0.4 is 10.1 Å². The fraction of sp³-hybridized carbons (Fsp3) is 0.526. The zero-order valence-electron chi connectivity index (χ0n) is 15.4. The Morgan fingerprint density at radius 1 is 1.37 bits per heavy atom. The number of hydrogen-bond acceptors (Lipinski definition) is 6. The number of aliphatic hydroxyl groups excluding tert-OH is 1. The summed E-state index contributed by atoms with van der Waals surface area (Å²) in [4.78, 5) is 21.4. The van der Waals surface area contributed by atoms with Gasteiger partial charge in [0.15, 0.2) is 0 Å². The number of rotatable bonds is 6. The Hall–Kier alpha value is -2.19. The number of carboxylic acid groups (broad SMARTS) is 1. The van der Waals surface area contributed by atoms with Gasteiger partial charge in [-0.2, -0.15) is 0 Å². The van der Waals surface area contributed by atoms with Crippen molar-refractivity contribution in [3.8, 4) is 16.6 Å². The van der Waals surface area contributed by atoms with Gasteiger partial charge in [0.25, 0.3) is 0 Å². The van der Waals surface area contributed by atoms with E-state index in [4.69, 9.17) is 14.8 Å². The van der Waals surface area contributed by atoms with Crippen molar-refractivity contribution in [2.75, 3.05) is 13.2 Å². The zero-order chi connectivity index (χ0) is 19.2. The quantitative estimate of drug-likeness (QED) is 0.702. The zero-order valence-corrected chi connectivity index (χ0v) is 16.2. The molecule has 7 nitrogen and oxygen atoms in total. The third-order valence-corrected chi connectivity index (χ3v) is 6.33. The first-order chi connectivity index (χ1) is 12.9. The normalized spacial score (nSPS) is 19.6. The monoisotopic (exact) mass is 389 g/mol. The van der Waals surface area contributed by atoms with E-state index in [9.17, 15) is 9.90 Å². The fourth-order valence-corrected chi connectivity index (χ4v) is 4.48. The number of hydrogen-bond donors (Lipinski definition) is 3. The van der Waals surface area contributed by atoms with Crippen molar-refractivity contribution in [3.05, 3.63) is 27.8 Å². The molecule has 1 fully saturated rings. The predicted molar refractivity (Wildman–Crippen MR) is 101 cm³/mol. The third-order valence-electron chi connectivity index (χ3n) is 5.42. The standard InChI is InChI=1S/C19H23N3O4S/c1-10-7-20-17(27-10)15-14-6-12(8-23)5-13(14)11(2)16(21-15)26-9-19(3-4-19)22-18(24)25/h7,12,22-23H,3-6,8-9H2,1-2H3,(H,24,25). The molecule has 0 radical (unpaired) electrons. The van der Waals surface area contributed by atoms with Gasteiger partial charge in [-0.3, -0.25) is 0 Å². The molecule has 1 amide bonds. The number of aryl methyl sites for hydroxylation is 1. The van der Waals surface area contributed by atoms with Crippen LogP contribution in [0, 0.1) is 19.8 Å². The molecule has 8 heteroatoms. The molecule has 0 aromatic carbocycles. The molecule has 2 aromatic heterocycles. The van der Waals surface area contributed by atoms with Crippen LogP contribution in [0.15, 0.2) is 6.20 Å². The highest BCUT2D eigenvalue weighted by molar-refractivity contribution is 7.14. The molecule has 2 aliphatic rings. The molecule has 144 valence electrons. The Kier molecular flexibility index (Phi) is 4.55. The van der Waals surface area contributed by atoms with E-state index in [-0.39, 0.29) is 19.1 Å². The molecule has 0 aliphatic heterocycles. The van der Waals surface area contributed by atoms with Gasteiger partial charge in [0, 0.05) is 23.2 Å². The van der Waals surface area contributed by atoms with Gasteiger partial charge in [-0.05, 0) is 56.6 Å². The lowest BCUT2D eigenvalue weighted by atomic mass is 10.0. The lowest BCUT2D eigenvalue weighted by molar-refractivity contribution is 0.176. The topological polar surface area (TPSA) is 105 Å². The van der Waals surface area contributed by atoms with E-state index in [1.54, 1.807) is 11.3 Å². The molecule has 1 unspecified atom stereocenters. The van der Waals surface area contributed by atoms with Crippen molar-refractivity contribution in [1.29, 1.82) is 0 Å². The Morgan fingerprint density at radius 3 is 2.70 bits per heavy atom. The molecule has 1 saturated carbocycles. The van der Waals surface area contributed by atoms with Crippen molar-refractivity contribution in [1.82, 2.24) is 15.3 Å². The summed E-state index contributed by atoms with van der Waals surface area (Å²) in [6, 6.07) is 0. The molecular formula is C19H23N3O4S. The second-order valence-electron chi connectivity index (χ2n) is 7.58. The highest BCUT2D eigenvalue weighted by Crippen LogP contribution is 2.41. The minimum absolute atomic E-state index is 0.145. The lowest BCUT2D eigenvalue weighted by Crippen LogP contribution is -2.40. The van der Waals surface area contributed by atoms with Crippen LogP contribution in [0.5, 0.6) is 5.88 Å². The minimum Gasteiger partial charge on any atom is -0.475 e. The number of nitrogens with zero attached hydrogens (tertiary/aromatic N) is 2. The van der Waals surface area contributed by atoms with Crippen LogP contribution in [-0.2, 0) is 12.8 Å². The average molecular weight is 389 g/mol. The van der Waals surface area contributed by atoms with E-state index in [1.165, 1.54) is 5.56 Å². The number of nitrogens with one attached hydrogen (secondary N) is 1. The maximum absolute atomic E-state index is 11.0. The Labute approximate surface area is 161 Å². The SMILES string of the molecule is Cc1cnc(-c2nc(OCC3(NC(=O)O)CC3)c(C)c3c2CC(CO)C3)s1. The summed E-state index contributed by atoms with van der Waals surface area (Å²) in [5.41, 5.74) is 3.64. The maximum atomic E-state index is 11.0. The number of fused-ring (bicyclic) bond motifs is 1. The third kappa shape index (κ3) is 3.51. The summed E-state index contributed by atoms with van der Waals surface area (Å²) in [7, 11) is 0.